The predicted molar refractivity (Wildman–Crippen MR) is 69.8 cm³/mol. The lowest BCUT2D eigenvalue weighted by Gasteiger charge is -2.07. The highest BCUT2D eigenvalue weighted by atomic mass is 79.9. The SMILES string of the molecule is O=C([O-])C(=Cc1ccc(-c2ccc(Br)cc2)o1)C(=O)[O-]. The van der Waals surface area contributed by atoms with Gasteiger partial charge in [-0.15, -0.1) is 0 Å². The van der Waals surface area contributed by atoms with Crippen molar-refractivity contribution in [2.45, 2.75) is 0 Å². The van der Waals surface area contributed by atoms with Crippen LogP contribution in [0.3, 0.4) is 0 Å². The fourth-order valence-corrected chi connectivity index (χ4v) is 1.81. The molecule has 0 aliphatic heterocycles. The summed E-state index contributed by atoms with van der Waals surface area (Å²) in [5.74, 6) is -3.08. The van der Waals surface area contributed by atoms with E-state index in [2.05, 4.69) is 15.9 Å². The molecule has 5 nitrogen and oxygen atoms in total. The minimum Gasteiger partial charge on any atom is -0.545 e. The zero-order valence-corrected chi connectivity index (χ0v) is 11.5. The summed E-state index contributed by atoms with van der Waals surface area (Å²) in [6, 6.07) is 10.3. The first kappa shape index (κ1) is 14.1. The van der Waals surface area contributed by atoms with E-state index in [1.165, 1.54) is 6.07 Å². The largest absolute Gasteiger partial charge is 0.545 e. The van der Waals surface area contributed by atoms with Gasteiger partial charge in [-0.25, -0.2) is 0 Å². The van der Waals surface area contributed by atoms with Gasteiger partial charge in [0, 0.05) is 15.6 Å². The molecule has 0 aliphatic rings. The minimum atomic E-state index is -1.83. The molecule has 2 rings (SSSR count). The molecule has 6 heteroatoms. The normalized spacial score (nSPS) is 10.1. The number of carboxylic acids is 2. The van der Waals surface area contributed by atoms with Crippen LogP contribution in [0.5, 0.6) is 0 Å². The maximum Gasteiger partial charge on any atom is 0.134 e. The number of furan rings is 1. The first-order valence-corrected chi connectivity index (χ1v) is 6.27. The summed E-state index contributed by atoms with van der Waals surface area (Å²) in [5, 5.41) is 21.2. The fourth-order valence-electron chi connectivity index (χ4n) is 1.54. The number of carbonyl (C=O) groups is 2. The highest BCUT2D eigenvalue weighted by Gasteiger charge is 2.06. The van der Waals surface area contributed by atoms with Crippen molar-refractivity contribution >= 4 is 33.9 Å². The Hall–Kier alpha value is -2.34. The lowest BCUT2D eigenvalue weighted by molar-refractivity contribution is -0.311. The van der Waals surface area contributed by atoms with Gasteiger partial charge in [-0.05, 0) is 30.3 Å². The molecule has 1 aromatic carbocycles. The molecule has 2 aromatic rings. The molecule has 0 N–H and O–H groups in total. The Kier molecular flexibility index (Phi) is 4.05. The van der Waals surface area contributed by atoms with E-state index in [-0.39, 0.29) is 5.76 Å². The van der Waals surface area contributed by atoms with Crippen molar-refractivity contribution in [3.05, 3.63) is 52.2 Å². The van der Waals surface area contributed by atoms with Crippen molar-refractivity contribution in [1.29, 1.82) is 0 Å². The van der Waals surface area contributed by atoms with Crippen molar-refractivity contribution in [1.82, 2.24) is 0 Å². The van der Waals surface area contributed by atoms with Gasteiger partial charge < -0.3 is 24.2 Å². The number of halogens is 1. The molecule has 20 heavy (non-hydrogen) atoms. The maximum absolute atomic E-state index is 10.6. The van der Waals surface area contributed by atoms with Gasteiger partial charge in [-0.3, -0.25) is 0 Å². The highest BCUT2D eigenvalue weighted by molar-refractivity contribution is 9.10. The van der Waals surface area contributed by atoms with Gasteiger partial charge in [-0.2, -0.15) is 0 Å². The molecule has 0 aliphatic carbocycles. The molecule has 0 bridgehead atoms. The third kappa shape index (κ3) is 3.16. The topological polar surface area (TPSA) is 93.4 Å². The van der Waals surface area contributed by atoms with Crippen LogP contribution in [0.4, 0.5) is 0 Å². The van der Waals surface area contributed by atoms with E-state index in [0.717, 1.165) is 16.1 Å². The van der Waals surface area contributed by atoms with E-state index in [1.54, 1.807) is 18.2 Å². The molecule has 0 amide bonds. The summed E-state index contributed by atoms with van der Waals surface area (Å²) >= 11 is 3.30. The van der Waals surface area contributed by atoms with E-state index in [4.69, 9.17) is 4.42 Å². The summed E-state index contributed by atoms with van der Waals surface area (Å²) in [7, 11) is 0. The van der Waals surface area contributed by atoms with Crippen LogP contribution in [-0.2, 0) is 9.59 Å². The number of rotatable bonds is 4. The smallest absolute Gasteiger partial charge is 0.134 e. The average molecular weight is 335 g/mol. The van der Waals surface area contributed by atoms with Crippen molar-refractivity contribution < 1.29 is 24.2 Å². The second-order valence-electron chi connectivity index (χ2n) is 3.84. The predicted octanol–water partition coefficient (Wildman–Crippen LogP) is 0.592. The van der Waals surface area contributed by atoms with E-state index in [1.807, 2.05) is 12.1 Å². The average Bonchev–Trinajstić information content (AvgIpc) is 2.84. The molecular weight excluding hydrogens is 328 g/mol. The number of aliphatic carboxylic acids is 2. The summed E-state index contributed by atoms with van der Waals surface area (Å²) < 4.78 is 6.27. The minimum absolute atomic E-state index is 0.0892. The molecule has 1 aromatic heterocycles. The van der Waals surface area contributed by atoms with E-state index in [9.17, 15) is 19.8 Å². The van der Waals surface area contributed by atoms with Gasteiger partial charge in [0.25, 0.3) is 0 Å². The van der Waals surface area contributed by atoms with Crippen LogP contribution in [0.2, 0.25) is 0 Å². The van der Waals surface area contributed by atoms with E-state index < -0.39 is 17.5 Å². The van der Waals surface area contributed by atoms with Gasteiger partial charge in [0.05, 0.1) is 11.9 Å². The number of hydrogen-bond donors (Lipinski definition) is 0. The Morgan fingerprint density at radius 2 is 1.60 bits per heavy atom. The molecule has 0 spiro atoms. The number of carbonyl (C=O) groups excluding carboxylic acids is 2. The van der Waals surface area contributed by atoms with Crippen LogP contribution in [-0.4, -0.2) is 11.9 Å². The van der Waals surface area contributed by atoms with Crippen LogP contribution in [0.1, 0.15) is 5.76 Å². The number of benzene rings is 1. The molecule has 0 saturated heterocycles. The Morgan fingerprint density at radius 1 is 1.00 bits per heavy atom. The van der Waals surface area contributed by atoms with Gasteiger partial charge in [0.15, 0.2) is 0 Å². The number of hydrogen-bond acceptors (Lipinski definition) is 5. The Bertz CT molecular complexity index is 666. The summed E-state index contributed by atoms with van der Waals surface area (Å²) in [5.41, 5.74) is -0.196. The van der Waals surface area contributed by atoms with E-state index in [0.29, 0.717) is 5.76 Å². The summed E-state index contributed by atoms with van der Waals surface area (Å²) in [6.07, 6.45) is 0.854. The van der Waals surface area contributed by atoms with Crippen molar-refractivity contribution in [3.8, 4) is 11.3 Å². The molecular formula is C14H7BrO5-2. The fraction of sp³-hybridized carbons (Fsp3) is 0. The zero-order chi connectivity index (χ0) is 14.7. The summed E-state index contributed by atoms with van der Waals surface area (Å²) in [4.78, 5) is 21.2. The van der Waals surface area contributed by atoms with Crippen molar-refractivity contribution in [3.63, 3.8) is 0 Å². The second kappa shape index (κ2) is 5.75. The molecule has 102 valence electrons. The lowest BCUT2D eigenvalue weighted by atomic mass is 10.2. The van der Waals surface area contributed by atoms with Gasteiger partial charge in [-0.1, -0.05) is 28.1 Å². The Labute approximate surface area is 122 Å². The van der Waals surface area contributed by atoms with Crippen molar-refractivity contribution in [2.75, 3.05) is 0 Å². The standard InChI is InChI=1S/C14H9BrO5/c15-9-3-1-8(2-4-9)12-6-5-10(20-12)7-11(13(16)17)14(18)19/h1-7H,(H,16,17)(H,18,19)/p-2. The van der Waals surface area contributed by atoms with Crippen LogP contribution in [0.15, 0.2) is 50.9 Å². The zero-order valence-electron chi connectivity index (χ0n) is 9.96. The third-order valence-electron chi connectivity index (χ3n) is 2.48. The molecule has 1 heterocycles. The molecule has 0 saturated carbocycles. The molecule has 0 fully saturated rings. The lowest BCUT2D eigenvalue weighted by Crippen LogP contribution is -2.35. The first-order chi connectivity index (χ1) is 9.47. The number of carboxylic acid groups (broad SMARTS) is 2. The third-order valence-corrected chi connectivity index (χ3v) is 3.01. The molecule has 0 radical (unpaired) electrons. The highest BCUT2D eigenvalue weighted by Crippen LogP contribution is 2.24. The van der Waals surface area contributed by atoms with E-state index >= 15 is 0 Å². The maximum atomic E-state index is 10.6. The van der Waals surface area contributed by atoms with Crippen LogP contribution in [0.25, 0.3) is 17.4 Å². The molecule has 0 unspecified atom stereocenters. The first-order valence-electron chi connectivity index (χ1n) is 5.47. The van der Waals surface area contributed by atoms with Crippen LogP contribution < -0.4 is 10.2 Å². The van der Waals surface area contributed by atoms with Crippen molar-refractivity contribution in [2.24, 2.45) is 0 Å². The Morgan fingerprint density at radius 3 is 2.15 bits per heavy atom. The van der Waals surface area contributed by atoms with Crippen LogP contribution in [0, 0.1) is 0 Å². The molecule has 0 atom stereocenters. The van der Waals surface area contributed by atoms with Gasteiger partial charge in [0.1, 0.15) is 11.5 Å². The quantitative estimate of drug-likeness (QED) is 0.463. The Balaban J connectivity index is 2.33. The second-order valence-corrected chi connectivity index (χ2v) is 4.76. The van der Waals surface area contributed by atoms with Gasteiger partial charge in [0.2, 0.25) is 0 Å². The van der Waals surface area contributed by atoms with Gasteiger partial charge >= 0.3 is 0 Å². The summed E-state index contributed by atoms with van der Waals surface area (Å²) in [6.45, 7) is 0. The monoisotopic (exact) mass is 334 g/mol. The van der Waals surface area contributed by atoms with Crippen LogP contribution >= 0.6 is 15.9 Å².